The molecule has 5 heteroatoms. The van der Waals surface area contributed by atoms with E-state index in [1.165, 1.54) is 16.5 Å². The number of aromatic amines is 1. The lowest BCUT2D eigenvalue weighted by Crippen LogP contribution is -2.55. The van der Waals surface area contributed by atoms with Crippen molar-refractivity contribution < 1.29 is 9.53 Å². The molecule has 0 aliphatic carbocycles. The van der Waals surface area contributed by atoms with Crippen molar-refractivity contribution >= 4 is 16.8 Å². The number of aryl methyl sites for hydroxylation is 3. The highest BCUT2D eigenvalue weighted by Gasteiger charge is 2.35. The van der Waals surface area contributed by atoms with Gasteiger partial charge in [0.25, 0.3) is 0 Å². The number of carbonyl (C=O) groups is 1. The number of fused-ring (bicyclic) bond motifs is 1. The Morgan fingerprint density at radius 1 is 1.23 bits per heavy atom. The number of ether oxygens (including phenoxy) is 1. The lowest BCUT2D eigenvalue weighted by Gasteiger charge is -2.42. The third kappa shape index (κ3) is 3.64. The summed E-state index contributed by atoms with van der Waals surface area (Å²) >= 11 is 0. The Balaban J connectivity index is 1.74. The van der Waals surface area contributed by atoms with E-state index in [-0.39, 0.29) is 11.4 Å². The van der Waals surface area contributed by atoms with E-state index in [0.717, 1.165) is 42.8 Å². The molecule has 0 unspecified atom stereocenters. The van der Waals surface area contributed by atoms with E-state index in [1.807, 2.05) is 0 Å². The van der Waals surface area contributed by atoms with E-state index in [1.54, 1.807) is 0 Å². The van der Waals surface area contributed by atoms with Crippen LogP contribution in [0.15, 0.2) is 12.1 Å². The molecule has 1 aromatic carbocycles. The number of carbonyl (C=O) groups excluding carboxylic acids is 1. The third-order valence-corrected chi connectivity index (χ3v) is 5.89. The van der Waals surface area contributed by atoms with Gasteiger partial charge >= 0.3 is 0 Å². The Labute approximate surface area is 156 Å². The lowest BCUT2D eigenvalue weighted by molar-refractivity contribution is -0.121. The maximum Gasteiger partial charge on any atom is 0.224 e. The Kier molecular flexibility index (Phi) is 5.39. The molecule has 0 spiro atoms. The second-order valence-corrected chi connectivity index (χ2v) is 7.92. The van der Waals surface area contributed by atoms with E-state index >= 15 is 0 Å². The maximum absolute atomic E-state index is 12.7. The van der Waals surface area contributed by atoms with Crippen LogP contribution in [-0.2, 0) is 16.0 Å². The number of rotatable bonds is 5. The molecule has 1 aromatic heterocycles. The summed E-state index contributed by atoms with van der Waals surface area (Å²) in [5.74, 6) is 0.0841. The molecule has 2 aromatic rings. The molecule has 26 heavy (non-hydrogen) atoms. The summed E-state index contributed by atoms with van der Waals surface area (Å²) in [5.41, 5.74) is 5.78. The minimum Gasteiger partial charge on any atom is -0.381 e. The summed E-state index contributed by atoms with van der Waals surface area (Å²) in [5, 5.41) is 4.35. The second kappa shape index (κ2) is 7.41. The maximum atomic E-state index is 12.7. The van der Waals surface area contributed by atoms with Gasteiger partial charge in [0.2, 0.25) is 5.91 Å². The molecule has 5 nitrogen and oxygen atoms in total. The van der Waals surface area contributed by atoms with Crippen molar-refractivity contribution in [2.24, 2.45) is 0 Å². The molecule has 0 saturated carbocycles. The van der Waals surface area contributed by atoms with Gasteiger partial charge in [-0.3, -0.25) is 4.79 Å². The number of benzene rings is 1. The topological polar surface area (TPSA) is 57.4 Å². The van der Waals surface area contributed by atoms with Crippen LogP contribution in [0.2, 0.25) is 0 Å². The van der Waals surface area contributed by atoms with Crippen LogP contribution in [0, 0.1) is 20.8 Å². The van der Waals surface area contributed by atoms with Gasteiger partial charge in [-0.2, -0.15) is 0 Å². The van der Waals surface area contributed by atoms with Crippen LogP contribution in [0.1, 0.15) is 35.2 Å². The Morgan fingerprint density at radius 2 is 1.92 bits per heavy atom. The quantitative estimate of drug-likeness (QED) is 0.865. The fraction of sp³-hybridized carbons (Fsp3) is 0.571. The van der Waals surface area contributed by atoms with Crippen LogP contribution in [0.4, 0.5) is 0 Å². The zero-order chi connectivity index (χ0) is 18.9. The van der Waals surface area contributed by atoms with Gasteiger partial charge in [-0.25, -0.2) is 0 Å². The monoisotopic (exact) mass is 357 g/mol. The predicted molar refractivity (Wildman–Crippen MR) is 106 cm³/mol. The molecule has 1 fully saturated rings. The summed E-state index contributed by atoms with van der Waals surface area (Å²) in [6.45, 7) is 8.45. The number of amides is 1. The standard InChI is InChI=1S/C21H31N3O2/c1-14-10-15(2)20-18(11-14)17(16(3)23-20)12-19(25)22-13-21(24(4)5)6-8-26-9-7-21/h10-11,23H,6-9,12-13H2,1-5H3,(H,22,25). The van der Waals surface area contributed by atoms with Crippen molar-refractivity contribution in [3.8, 4) is 0 Å². The number of aromatic nitrogens is 1. The fourth-order valence-electron chi connectivity index (χ4n) is 4.08. The molecular formula is C21H31N3O2. The van der Waals surface area contributed by atoms with Gasteiger partial charge in [0.05, 0.1) is 6.42 Å². The van der Waals surface area contributed by atoms with Crippen LogP contribution in [0.25, 0.3) is 10.9 Å². The zero-order valence-electron chi connectivity index (χ0n) is 16.7. The Morgan fingerprint density at radius 3 is 2.58 bits per heavy atom. The number of likely N-dealkylation sites (N-methyl/N-ethyl adjacent to an activating group) is 1. The third-order valence-electron chi connectivity index (χ3n) is 5.89. The number of hydrogen-bond acceptors (Lipinski definition) is 3. The minimum atomic E-state index is -0.00363. The molecule has 2 heterocycles. The summed E-state index contributed by atoms with van der Waals surface area (Å²) in [4.78, 5) is 18.4. The molecule has 0 radical (unpaired) electrons. The van der Waals surface area contributed by atoms with Crippen molar-refractivity contribution in [3.05, 3.63) is 34.5 Å². The largest absolute Gasteiger partial charge is 0.381 e. The van der Waals surface area contributed by atoms with Crippen LogP contribution >= 0.6 is 0 Å². The van der Waals surface area contributed by atoms with E-state index in [9.17, 15) is 4.79 Å². The smallest absolute Gasteiger partial charge is 0.224 e. The van der Waals surface area contributed by atoms with Crippen molar-refractivity contribution in [1.29, 1.82) is 0 Å². The fourth-order valence-corrected chi connectivity index (χ4v) is 4.08. The summed E-state index contributed by atoms with van der Waals surface area (Å²) in [7, 11) is 4.18. The number of nitrogens with one attached hydrogen (secondary N) is 2. The number of hydrogen-bond donors (Lipinski definition) is 2. The van der Waals surface area contributed by atoms with Crippen molar-refractivity contribution in [1.82, 2.24) is 15.2 Å². The van der Waals surface area contributed by atoms with E-state index in [4.69, 9.17) is 4.74 Å². The normalized spacial score (nSPS) is 17.0. The van der Waals surface area contributed by atoms with Crippen LogP contribution in [0.5, 0.6) is 0 Å². The van der Waals surface area contributed by atoms with E-state index in [0.29, 0.717) is 13.0 Å². The first-order valence-corrected chi connectivity index (χ1v) is 9.43. The van der Waals surface area contributed by atoms with Crippen LogP contribution in [0.3, 0.4) is 0 Å². The Hall–Kier alpha value is -1.85. The van der Waals surface area contributed by atoms with Crippen molar-refractivity contribution in [3.63, 3.8) is 0 Å². The molecule has 3 rings (SSSR count). The summed E-state index contributed by atoms with van der Waals surface area (Å²) < 4.78 is 5.51. The molecular weight excluding hydrogens is 326 g/mol. The first-order valence-electron chi connectivity index (χ1n) is 9.43. The highest BCUT2D eigenvalue weighted by Crippen LogP contribution is 2.27. The van der Waals surface area contributed by atoms with Crippen LogP contribution in [-0.4, -0.2) is 55.2 Å². The predicted octanol–water partition coefficient (Wildman–Crippen LogP) is 2.86. The van der Waals surface area contributed by atoms with Gasteiger partial charge in [0.1, 0.15) is 0 Å². The molecule has 0 atom stereocenters. The average molecular weight is 357 g/mol. The van der Waals surface area contributed by atoms with Gasteiger partial charge in [-0.05, 0) is 64.9 Å². The van der Waals surface area contributed by atoms with Gasteiger partial charge in [0, 0.05) is 41.9 Å². The Bertz CT molecular complexity index is 801. The SMILES string of the molecule is Cc1cc(C)c2[nH]c(C)c(CC(=O)NCC3(N(C)C)CCOCC3)c2c1. The van der Waals surface area contributed by atoms with Crippen molar-refractivity contribution in [2.45, 2.75) is 45.6 Å². The summed E-state index contributed by atoms with van der Waals surface area (Å²) in [6, 6.07) is 4.35. The van der Waals surface area contributed by atoms with Gasteiger partial charge in [0.15, 0.2) is 0 Å². The number of nitrogens with zero attached hydrogens (tertiary/aromatic N) is 1. The number of H-pyrrole nitrogens is 1. The van der Waals surface area contributed by atoms with E-state index < -0.39 is 0 Å². The first-order chi connectivity index (χ1) is 12.3. The van der Waals surface area contributed by atoms with Gasteiger partial charge in [-0.15, -0.1) is 0 Å². The minimum absolute atomic E-state index is 0.00363. The van der Waals surface area contributed by atoms with Crippen molar-refractivity contribution in [2.75, 3.05) is 33.9 Å². The zero-order valence-corrected chi connectivity index (χ0v) is 16.7. The van der Waals surface area contributed by atoms with Gasteiger partial charge in [-0.1, -0.05) is 11.6 Å². The molecule has 2 N–H and O–H groups in total. The molecule has 1 amide bonds. The van der Waals surface area contributed by atoms with E-state index in [2.05, 4.69) is 62.2 Å². The molecule has 0 bridgehead atoms. The highest BCUT2D eigenvalue weighted by molar-refractivity contribution is 5.92. The second-order valence-electron chi connectivity index (χ2n) is 7.92. The lowest BCUT2D eigenvalue weighted by atomic mass is 9.88. The summed E-state index contributed by atoms with van der Waals surface area (Å²) in [6.07, 6.45) is 2.31. The first kappa shape index (κ1) is 18.9. The molecule has 142 valence electrons. The molecule has 1 aliphatic rings. The van der Waals surface area contributed by atoms with Gasteiger partial charge < -0.3 is 19.9 Å². The molecule has 1 saturated heterocycles. The molecule has 1 aliphatic heterocycles. The highest BCUT2D eigenvalue weighted by atomic mass is 16.5. The van der Waals surface area contributed by atoms with Crippen LogP contribution < -0.4 is 5.32 Å². The average Bonchev–Trinajstić information content (AvgIpc) is 2.90.